The molecule has 0 amide bonds. The maximum absolute atomic E-state index is 9.33. The molecule has 0 N–H and O–H groups in total. The summed E-state index contributed by atoms with van der Waals surface area (Å²) in [6.07, 6.45) is 2.34. The van der Waals surface area contributed by atoms with Crippen molar-refractivity contribution < 1.29 is 0 Å². The zero-order chi connectivity index (χ0) is 13.4. The Morgan fingerprint density at radius 3 is 2.68 bits per heavy atom. The van der Waals surface area contributed by atoms with Gasteiger partial charge in [-0.15, -0.1) is 0 Å². The fraction of sp³-hybridized carbons (Fsp3) is 0.333. The molecule has 0 bridgehead atoms. The predicted molar refractivity (Wildman–Crippen MR) is 77.7 cm³/mol. The van der Waals surface area contributed by atoms with Crippen LogP contribution < -0.4 is 4.90 Å². The minimum atomic E-state index is 0.635. The van der Waals surface area contributed by atoms with Crippen LogP contribution in [0.2, 0.25) is 5.02 Å². The van der Waals surface area contributed by atoms with Crippen LogP contribution in [0.1, 0.15) is 24.0 Å². The average Bonchev–Trinajstić information content (AvgIpc) is 2.91. The van der Waals surface area contributed by atoms with Gasteiger partial charge in [0, 0.05) is 23.5 Å². The van der Waals surface area contributed by atoms with Crippen LogP contribution in [0.5, 0.6) is 0 Å². The molecule has 2 aromatic rings. The highest BCUT2D eigenvalue weighted by molar-refractivity contribution is 6.31. The molecule has 1 saturated heterocycles. The molecule has 0 spiro atoms. The molecular weight excluding hydrogens is 258 g/mol. The summed E-state index contributed by atoms with van der Waals surface area (Å²) < 4.78 is 0. The first kappa shape index (κ1) is 12.3. The maximum Gasteiger partial charge on any atom is 0.147 e. The van der Waals surface area contributed by atoms with Crippen molar-refractivity contribution in [2.45, 2.75) is 19.8 Å². The molecule has 1 aliphatic heterocycles. The lowest BCUT2D eigenvalue weighted by molar-refractivity contribution is 0.940. The highest BCUT2D eigenvalue weighted by atomic mass is 35.5. The Labute approximate surface area is 117 Å². The maximum atomic E-state index is 9.33. The smallest absolute Gasteiger partial charge is 0.147 e. The molecule has 0 saturated carbocycles. The molecule has 0 radical (unpaired) electrons. The van der Waals surface area contributed by atoms with E-state index in [1.165, 1.54) is 12.8 Å². The molecule has 3 rings (SSSR count). The van der Waals surface area contributed by atoms with Crippen LogP contribution in [-0.4, -0.2) is 18.1 Å². The Morgan fingerprint density at radius 1 is 1.26 bits per heavy atom. The molecule has 0 unspecified atom stereocenters. The van der Waals surface area contributed by atoms with E-state index in [0.717, 1.165) is 35.4 Å². The molecule has 3 nitrogen and oxygen atoms in total. The van der Waals surface area contributed by atoms with Crippen LogP contribution in [0.15, 0.2) is 18.2 Å². The van der Waals surface area contributed by atoms with Crippen molar-refractivity contribution in [3.8, 4) is 6.07 Å². The fourth-order valence-corrected chi connectivity index (χ4v) is 2.94. The number of fused-ring (bicyclic) bond motifs is 1. The Balaban J connectivity index is 2.24. The first-order chi connectivity index (χ1) is 9.19. The molecule has 0 atom stereocenters. The first-order valence-electron chi connectivity index (χ1n) is 6.45. The predicted octanol–water partition coefficient (Wildman–Crippen LogP) is 3.67. The summed E-state index contributed by atoms with van der Waals surface area (Å²) in [6.45, 7) is 3.97. The molecule has 1 fully saturated rings. The second-order valence-corrected chi connectivity index (χ2v) is 5.40. The minimum absolute atomic E-state index is 0.635. The standard InChI is InChI=1S/C15H14ClN3/c1-10-6-13(16)8-11-7-12(9-17)15(18-14(10)11)19-4-2-3-5-19/h6-8H,2-5H2,1H3. The van der Waals surface area contributed by atoms with Crippen molar-refractivity contribution in [1.82, 2.24) is 4.98 Å². The number of anilines is 1. The number of aromatic nitrogens is 1. The number of rotatable bonds is 1. The zero-order valence-electron chi connectivity index (χ0n) is 10.8. The molecule has 4 heteroatoms. The minimum Gasteiger partial charge on any atom is -0.356 e. The van der Waals surface area contributed by atoms with Crippen LogP contribution in [0.3, 0.4) is 0 Å². The van der Waals surface area contributed by atoms with Crippen LogP contribution >= 0.6 is 11.6 Å². The lowest BCUT2D eigenvalue weighted by atomic mass is 10.1. The summed E-state index contributed by atoms with van der Waals surface area (Å²) >= 11 is 6.07. The van der Waals surface area contributed by atoms with Gasteiger partial charge in [-0.3, -0.25) is 0 Å². The molecule has 1 aromatic carbocycles. The first-order valence-corrected chi connectivity index (χ1v) is 6.83. The summed E-state index contributed by atoms with van der Waals surface area (Å²) in [6, 6.07) is 7.93. The van der Waals surface area contributed by atoms with Gasteiger partial charge < -0.3 is 4.90 Å². The van der Waals surface area contributed by atoms with Gasteiger partial charge in [0.1, 0.15) is 11.9 Å². The van der Waals surface area contributed by atoms with E-state index in [1.54, 1.807) is 0 Å². The highest BCUT2D eigenvalue weighted by Gasteiger charge is 2.18. The quantitative estimate of drug-likeness (QED) is 0.794. The van der Waals surface area contributed by atoms with Gasteiger partial charge in [-0.05, 0) is 43.5 Å². The number of benzene rings is 1. The van der Waals surface area contributed by atoms with Gasteiger partial charge in [-0.2, -0.15) is 5.26 Å². The summed E-state index contributed by atoms with van der Waals surface area (Å²) in [4.78, 5) is 6.91. The van der Waals surface area contributed by atoms with Crippen molar-refractivity contribution in [2.24, 2.45) is 0 Å². The Kier molecular flexibility index (Phi) is 3.04. The number of hydrogen-bond acceptors (Lipinski definition) is 3. The zero-order valence-corrected chi connectivity index (χ0v) is 11.5. The lowest BCUT2D eigenvalue weighted by Crippen LogP contribution is -2.20. The van der Waals surface area contributed by atoms with E-state index in [-0.39, 0.29) is 0 Å². The molecule has 19 heavy (non-hydrogen) atoms. The Hall–Kier alpha value is -1.79. The third kappa shape index (κ3) is 2.13. The average molecular weight is 272 g/mol. The van der Waals surface area contributed by atoms with E-state index in [0.29, 0.717) is 10.6 Å². The van der Waals surface area contributed by atoms with Gasteiger partial charge in [0.05, 0.1) is 11.1 Å². The van der Waals surface area contributed by atoms with E-state index in [2.05, 4.69) is 11.0 Å². The Morgan fingerprint density at radius 2 is 2.00 bits per heavy atom. The van der Waals surface area contributed by atoms with Gasteiger partial charge in [0.25, 0.3) is 0 Å². The molecule has 1 aliphatic rings. The van der Waals surface area contributed by atoms with Crippen molar-refractivity contribution in [3.63, 3.8) is 0 Å². The number of nitrogens with zero attached hydrogens (tertiary/aromatic N) is 3. The van der Waals surface area contributed by atoms with Crippen molar-refractivity contribution >= 4 is 28.3 Å². The van der Waals surface area contributed by atoms with E-state index < -0.39 is 0 Å². The normalized spacial score (nSPS) is 14.9. The fourth-order valence-electron chi connectivity index (χ4n) is 2.66. The van der Waals surface area contributed by atoms with Crippen molar-refractivity contribution in [1.29, 1.82) is 5.26 Å². The van der Waals surface area contributed by atoms with E-state index >= 15 is 0 Å². The molecule has 2 heterocycles. The van der Waals surface area contributed by atoms with E-state index in [1.807, 2.05) is 25.1 Å². The van der Waals surface area contributed by atoms with Gasteiger partial charge >= 0.3 is 0 Å². The number of halogens is 1. The number of hydrogen-bond donors (Lipinski definition) is 0. The van der Waals surface area contributed by atoms with Crippen molar-refractivity contribution in [3.05, 3.63) is 34.3 Å². The third-order valence-electron chi connectivity index (χ3n) is 3.58. The van der Waals surface area contributed by atoms with Crippen molar-refractivity contribution in [2.75, 3.05) is 18.0 Å². The van der Waals surface area contributed by atoms with Crippen LogP contribution in [0.25, 0.3) is 10.9 Å². The topological polar surface area (TPSA) is 39.9 Å². The van der Waals surface area contributed by atoms with Crippen LogP contribution in [-0.2, 0) is 0 Å². The van der Waals surface area contributed by atoms with E-state index in [9.17, 15) is 5.26 Å². The summed E-state index contributed by atoms with van der Waals surface area (Å²) in [5.74, 6) is 0.818. The van der Waals surface area contributed by atoms with Gasteiger partial charge in [0.2, 0.25) is 0 Å². The molecule has 96 valence electrons. The number of nitriles is 1. The molecule has 1 aromatic heterocycles. The monoisotopic (exact) mass is 271 g/mol. The van der Waals surface area contributed by atoms with Gasteiger partial charge in [-0.1, -0.05) is 11.6 Å². The van der Waals surface area contributed by atoms with Crippen LogP contribution in [0.4, 0.5) is 5.82 Å². The summed E-state index contributed by atoms with van der Waals surface area (Å²) in [5.41, 5.74) is 2.62. The summed E-state index contributed by atoms with van der Waals surface area (Å²) in [7, 11) is 0. The SMILES string of the molecule is Cc1cc(Cl)cc2cc(C#N)c(N3CCCC3)nc12. The molecule has 0 aliphatic carbocycles. The second-order valence-electron chi connectivity index (χ2n) is 4.96. The van der Waals surface area contributed by atoms with Gasteiger partial charge in [-0.25, -0.2) is 4.98 Å². The van der Waals surface area contributed by atoms with Gasteiger partial charge in [0.15, 0.2) is 0 Å². The lowest BCUT2D eigenvalue weighted by Gasteiger charge is -2.18. The highest BCUT2D eigenvalue weighted by Crippen LogP contribution is 2.29. The third-order valence-corrected chi connectivity index (χ3v) is 3.80. The molecular formula is C15H14ClN3. The Bertz CT molecular complexity index is 682. The second kappa shape index (κ2) is 4.71. The number of aryl methyl sites for hydroxylation is 1. The van der Waals surface area contributed by atoms with E-state index in [4.69, 9.17) is 16.6 Å². The number of pyridine rings is 1. The largest absolute Gasteiger partial charge is 0.356 e. The summed E-state index contributed by atoms with van der Waals surface area (Å²) in [5, 5.41) is 10.9. The van der Waals surface area contributed by atoms with Crippen LogP contribution in [0, 0.1) is 18.3 Å².